The number of halogens is 6. The molecule has 1 aromatic carbocycles. The fraction of sp³-hybridized carbons (Fsp3) is 0.267. The molecular formula is C15H10ClF5N4O3. The topological polar surface area (TPSA) is 92.8 Å². The molecule has 2 heterocycles. The van der Waals surface area contributed by atoms with Crippen LogP contribution in [-0.2, 0) is 6.18 Å². The van der Waals surface area contributed by atoms with Crippen LogP contribution in [0.25, 0.3) is 11.0 Å². The van der Waals surface area contributed by atoms with Gasteiger partial charge in [0.05, 0.1) is 11.1 Å². The lowest BCUT2D eigenvalue weighted by atomic mass is 10.1. The van der Waals surface area contributed by atoms with Gasteiger partial charge in [-0.05, 0) is 24.6 Å². The zero-order valence-corrected chi connectivity index (χ0v) is 14.5. The van der Waals surface area contributed by atoms with E-state index in [4.69, 9.17) is 11.6 Å². The van der Waals surface area contributed by atoms with E-state index in [1.807, 2.05) is 0 Å². The van der Waals surface area contributed by atoms with Crippen molar-refractivity contribution >= 4 is 22.6 Å². The van der Waals surface area contributed by atoms with Crippen LogP contribution in [0, 0.1) is 0 Å². The van der Waals surface area contributed by atoms with Gasteiger partial charge in [0.25, 0.3) is 5.56 Å². The molecule has 0 spiro atoms. The molecule has 3 aromatic rings. The zero-order chi connectivity index (χ0) is 20.8. The molecule has 0 fully saturated rings. The second-order valence-electron chi connectivity index (χ2n) is 5.67. The van der Waals surface area contributed by atoms with Crippen LogP contribution in [0.5, 0.6) is 5.75 Å². The summed E-state index contributed by atoms with van der Waals surface area (Å²) in [6.07, 6.45) is -4.96. The molecular weight excluding hydrogens is 415 g/mol. The molecule has 28 heavy (non-hydrogen) atoms. The maximum Gasteiger partial charge on any atom is 0.436 e. The minimum Gasteiger partial charge on any atom is -0.433 e. The Morgan fingerprint density at radius 2 is 1.89 bits per heavy atom. The van der Waals surface area contributed by atoms with E-state index in [1.54, 1.807) is 4.98 Å². The molecule has 2 aromatic heterocycles. The van der Waals surface area contributed by atoms with Crippen molar-refractivity contribution in [2.75, 3.05) is 0 Å². The molecule has 2 N–H and O–H groups in total. The molecule has 0 amide bonds. The first kappa shape index (κ1) is 19.9. The molecule has 7 nitrogen and oxygen atoms in total. The highest BCUT2D eigenvalue weighted by atomic mass is 35.5. The van der Waals surface area contributed by atoms with Gasteiger partial charge in [0.15, 0.2) is 5.69 Å². The SMILES string of the molecule is C[C@H](c1ccc(OC(F)F)c(Cl)c1)n1nc(C(F)(F)F)c2c(=O)[nH]c(=O)[nH]c21. The Labute approximate surface area is 156 Å². The van der Waals surface area contributed by atoms with Gasteiger partial charge in [-0.3, -0.25) is 14.8 Å². The number of benzene rings is 1. The van der Waals surface area contributed by atoms with E-state index >= 15 is 0 Å². The number of ether oxygens (including phenoxy) is 1. The first-order chi connectivity index (χ1) is 13.0. The number of nitrogens with zero attached hydrogens (tertiary/aromatic N) is 2. The van der Waals surface area contributed by atoms with Gasteiger partial charge in [-0.2, -0.15) is 27.1 Å². The quantitative estimate of drug-likeness (QED) is 0.629. The Bertz CT molecular complexity index is 1150. The van der Waals surface area contributed by atoms with Crippen LogP contribution in [0.2, 0.25) is 5.02 Å². The van der Waals surface area contributed by atoms with E-state index in [0.717, 1.165) is 10.7 Å². The molecule has 3 rings (SSSR count). The third-order valence-electron chi connectivity index (χ3n) is 3.89. The van der Waals surface area contributed by atoms with E-state index < -0.39 is 46.8 Å². The summed E-state index contributed by atoms with van der Waals surface area (Å²) in [6, 6.07) is 2.66. The molecule has 0 aliphatic carbocycles. The van der Waals surface area contributed by atoms with Gasteiger partial charge < -0.3 is 4.74 Å². The van der Waals surface area contributed by atoms with Crippen molar-refractivity contribution in [3.05, 3.63) is 55.3 Å². The lowest BCUT2D eigenvalue weighted by Gasteiger charge is -2.15. The highest BCUT2D eigenvalue weighted by Crippen LogP contribution is 2.35. The number of rotatable bonds is 4. The van der Waals surface area contributed by atoms with Crippen molar-refractivity contribution < 1.29 is 26.7 Å². The molecule has 0 unspecified atom stereocenters. The number of aromatic nitrogens is 4. The average molecular weight is 425 g/mol. The number of hydrogen-bond acceptors (Lipinski definition) is 4. The summed E-state index contributed by atoms with van der Waals surface area (Å²) >= 11 is 5.87. The third-order valence-corrected chi connectivity index (χ3v) is 4.18. The molecule has 13 heteroatoms. The summed E-state index contributed by atoms with van der Waals surface area (Å²) in [5, 5.41) is 2.41. The van der Waals surface area contributed by atoms with Crippen LogP contribution >= 0.6 is 11.6 Å². The van der Waals surface area contributed by atoms with Crippen LogP contribution in [0.1, 0.15) is 24.2 Å². The lowest BCUT2D eigenvalue weighted by Crippen LogP contribution is -2.24. The number of hydrogen-bond donors (Lipinski definition) is 2. The van der Waals surface area contributed by atoms with Crippen LogP contribution in [0.15, 0.2) is 27.8 Å². The molecule has 0 saturated heterocycles. The second kappa shape index (κ2) is 6.93. The first-order valence-electron chi connectivity index (χ1n) is 7.55. The van der Waals surface area contributed by atoms with E-state index in [0.29, 0.717) is 0 Å². The monoisotopic (exact) mass is 424 g/mol. The summed E-state index contributed by atoms with van der Waals surface area (Å²) in [7, 11) is 0. The Morgan fingerprint density at radius 1 is 1.21 bits per heavy atom. The molecule has 0 bridgehead atoms. The van der Waals surface area contributed by atoms with E-state index in [2.05, 4.69) is 14.8 Å². The van der Waals surface area contributed by atoms with Crippen LogP contribution in [-0.4, -0.2) is 26.4 Å². The Balaban J connectivity index is 2.17. The summed E-state index contributed by atoms with van der Waals surface area (Å²) in [4.78, 5) is 27.3. The summed E-state index contributed by atoms with van der Waals surface area (Å²) in [6.45, 7) is -1.69. The fourth-order valence-electron chi connectivity index (χ4n) is 2.66. The van der Waals surface area contributed by atoms with Crippen molar-refractivity contribution in [2.45, 2.75) is 25.8 Å². The maximum atomic E-state index is 13.3. The van der Waals surface area contributed by atoms with Crippen LogP contribution < -0.4 is 16.0 Å². The van der Waals surface area contributed by atoms with Crippen molar-refractivity contribution in [2.24, 2.45) is 0 Å². The van der Waals surface area contributed by atoms with Crippen LogP contribution in [0.4, 0.5) is 22.0 Å². The van der Waals surface area contributed by atoms with Gasteiger partial charge in [0.1, 0.15) is 16.8 Å². The molecule has 0 radical (unpaired) electrons. The van der Waals surface area contributed by atoms with Crippen molar-refractivity contribution in [3.63, 3.8) is 0 Å². The lowest BCUT2D eigenvalue weighted by molar-refractivity contribution is -0.140. The summed E-state index contributed by atoms with van der Waals surface area (Å²) < 4.78 is 69.5. The molecule has 1 atom stereocenters. The molecule has 0 aliphatic rings. The third kappa shape index (κ3) is 3.59. The number of fused-ring (bicyclic) bond motifs is 1. The van der Waals surface area contributed by atoms with Gasteiger partial charge in [0, 0.05) is 0 Å². The van der Waals surface area contributed by atoms with E-state index in [9.17, 15) is 31.5 Å². The van der Waals surface area contributed by atoms with Crippen molar-refractivity contribution in [3.8, 4) is 5.75 Å². The maximum absolute atomic E-state index is 13.3. The largest absolute Gasteiger partial charge is 0.436 e. The molecule has 150 valence electrons. The second-order valence-corrected chi connectivity index (χ2v) is 6.07. The van der Waals surface area contributed by atoms with Gasteiger partial charge >= 0.3 is 18.5 Å². The predicted molar refractivity (Wildman–Crippen MR) is 87.9 cm³/mol. The standard InChI is InChI=1S/C15H10ClF5N4O3/c1-5(6-2-3-8(7(16)4-6)28-13(17)18)25-11-9(10(24-25)15(19,20)21)12(26)23-14(27)22-11/h2-5,13H,1H3,(H2,22,23,26,27)/t5-/m1/s1. The zero-order valence-electron chi connectivity index (χ0n) is 13.8. The Hall–Kier alpha value is -2.89. The average Bonchev–Trinajstić information content (AvgIpc) is 2.95. The van der Waals surface area contributed by atoms with E-state index in [-0.39, 0.29) is 16.3 Å². The Kier molecular flexibility index (Phi) is 4.91. The van der Waals surface area contributed by atoms with Gasteiger partial charge in [-0.1, -0.05) is 17.7 Å². The number of nitrogens with one attached hydrogen (secondary N) is 2. The molecule has 0 saturated carbocycles. The minimum absolute atomic E-state index is 0.205. The predicted octanol–water partition coefficient (Wildman–Crippen LogP) is 3.30. The number of aromatic amines is 2. The Morgan fingerprint density at radius 3 is 2.46 bits per heavy atom. The highest BCUT2D eigenvalue weighted by molar-refractivity contribution is 6.32. The van der Waals surface area contributed by atoms with Crippen molar-refractivity contribution in [1.82, 2.24) is 19.7 Å². The van der Waals surface area contributed by atoms with Gasteiger partial charge in [0.2, 0.25) is 0 Å². The first-order valence-corrected chi connectivity index (χ1v) is 7.93. The number of H-pyrrole nitrogens is 2. The fourth-order valence-corrected chi connectivity index (χ4v) is 2.90. The summed E-state index contributed by atoms with van der Waals surface area (Å²) in [5.74, 6) is -0.321. The summed E-state index contributed by atoms with van der Waals surface area (Å²) in [5.41, 5.74) is -3.92. The van der Waals surface area contributed by atoms with Crippen LogP contribution in [0.3, 0.4) is 0 Å². The smallest absolute Gasteiger partial charge is 0.433 e. The van der Waals surface area contributed by atoms with Gasteiger partial charge in [-0.25, -0.2) is 9.48 Å². The van der Waals surface area contributed by atoms with Gasteiger partial charge in [-0.15, -0.1) is 0 Å². The minimum atomic E-state index is -4.96. The highest BCUT2D eigenvalue weighted by Gasteiger charge is 2.39. The van der Waals surface area contributed by atoms with Crippen molar-refractivity contribution in [1.29, 1.82) is 0 Å². The normalized spacial score (nSPS) is 13.3. The number of alkyl halides is 5. The van der Waals surface area contributed by atoms with E-state index in [1.165, 1.54) is 19.1 Å². The molecule has 0 aliphatic heterocycles.